The number of thiol groups is 3. The summed E-state index contributed by atoms with van der Waals surface area (Å²) in [6.07, 6.45) is 0.659. The van der Waals surface area contributed by atoms with Crippen LogP contribution in [-0.2, 0) is 8.98 Å². The van der Waals surface area contributed by atoms with Gasteiger partial charge in [-0.15, -0.1) is 12.6 Å². The minimum absolute atomic E-state index is 0.381. The highest BCUT2D eigenvalue weighted by Crippen LogP contribution is 1.95. The molecule has 0 spiro atoms. The lowest BCUT2D eigenvalue weighted by Crippen LogP contribution is -1.94. The van der Waals surface area contributed by atoms with Crippen molar-refractivity contribution in [1.82, 2.24) is 0 Å². The van der Waals surface area contributed by atoms with Crippen molar-refractivity contribution in [2.45, 2.75) is 18.8 Å². The average Bonchev–Trinajstić information content (AvgIpc) is 1.89. The van der Waals surface area contributed by atoms with Crippen LogP contribution in [0.15, 0.2) is 0 Å². The molecule has 0 radical (unpaired) electrons. The zero-order valence-corrected chi connectivity index (χ0v) is 8.78. The zero-order valence-electron chi connectivity index (χ0n) is 6.10. The van der Waals surface area contributed by atoms with E-state index in [-0.39, 0.29) is 5.97 Å². The van der Waals surface area contributed by atoms with Crippen molar-refractivity contribution in [3.63, 3.8) is 0 Å². The molecule has 0 aromatic heterocycles. The Kier molecular flexibility index (Phi) is 13.4. The quantitative estimate of drug-likeness (QED) is 0.316. The number of carbonyl (C=O) groups is 1. The fourth-order valence-corrected chi connectivity index (χ4v) is 0.693. The van der Waals surface area contributed by atoms with Gasteiger partial charge in [0.2, 0.25) is 0 Å². The minimum atomic E-state index is -0.484. The van der Waals surface area contributed by atoms with Crippen LogP contribution >= 0.6 is 38.2 Å². The van der Waals surface area contributed by atoms with Crippen LogP contribution in [0.2, 0.25) is 0 Å². The first-order chi connectivity index (χ1) is 5.04. The fourth-order valence-electron chi connectivity index (χ4n) is 0.115. The Hall–Kier alpha value is 0.480. The number of hydrogen-bond acceptors (Lipinski definition) is 6. The summed E-state index contributed by atoms with van der Waals surface area (Å²) in [5, 5.41) is 8.37. The molecule has 1 atom stereocenters. The molecule has 1 unspecified atom stereocenters. The molecule has 3 nitrogen and oxygen atoms in total. The molecule has 0 heterocycles. The molecule has 0 aliphatic heterocycles. The molecule has 6 heteroatoms. The lowest BCUT2D eigenvalue weighted by Gasteiger charge is -1.94. The van der Waals surface area contributed by atoms with Crippen LogP contribution < -0.4 is 0 Å². The first-order valence-corrected chi connectivity index (χ1v) is 4.35. The summed E-state index contributed by atoms with van der Waals surface area (Å²) in [5.41, 5.74) is -0.484. The molecule has 68 valence electrons. The molecule has 0 saturated heterocycles. The van der Waals surface area contributed by atoms with Gasteiger partial charge in [0.25, 0.3) is 0 Å². The van der Waals surface area contributed by atoms with E-state index >= 15 is 0 Å². The Balaban J connectivity index is 0. The number of rotatable bonds is 2. The molecule has 0 saturated carbocycles. The van der Waals surface area contributed by atoms with Crippen LogP contribution in [0, 0.1) is 0 Å². The van der Waals surface area contributed by atoms with Gasteiger partial charge >= 0.3 is 5.97 Å². The monoisotopic (exact) mass is 216 g/mol. The van der Waals surface area contributed by atoms with Crippen molar-refractivity contribution in [3.05, 3.63) is 0 Å². The smallest absolute Gasteiger partial charge is 0.314 e. The average molecular weight is 216 g/mol. The highest BCUT2D eigenvalue weighted by atomic mass is 32.1. The van der Waals surface area contributed by atoms with Gasteiger partial charge in [0.1, 0.15) is 0 Å². The Morgan fingerprint density at radius 1 is 1.73 bits per heavy atom. The summed E-state index contributed by atoms with van der Waals surface area (Å²) in [6, 6.07) is 0. The molecule has 0 aromatic carbocycles. The van der Waals surface area contributed by atoms with Gasteiger partial charge in [-0.3, -0.25) is 4.79 Å². The topological polar surface area (TPSA) is 46.5 Å². The second-order valence-corrected chi connectivity index (χ2v) is 2.80. The van der Waals surface area contributed by atoms with Gasteiger partial charge in [0.15, 0.2) is 0 Å². The standard InChI is InChI=1S/C3H8OS2.C2H4O2S/c4-3(6)1-2-5;1-2(3)4-5/h3-6H,1-2H2;5H,1H3. The first kappa shape index (κ1) is 14.0. The normalized spacial score (nSPS) is 11.0. The van der Waals surface area contributed by atoms with Crippen molar-refractivity contribution < 1.29 is 14.1 Å². The predicted molar refractivity (Wildman–Crippen MR) is 54.2 cm³/mol. The van der Waals surface area contributed by atoms with Crippen LogP contribution in [-0.4, -0.2) is 22.3 Å². The van der Waals surface area contributed by atoms with E-state index in [1.807, 2.05) is 0 Å². The minimum Gasteiger partial charge on any atom is -0.395 e. The molecular formula is C5H12O3S3. The van der Waals surface area contributed by atoms with Gasteiger partial charge < -0.3 is 9.29 Å². The molecule has 0 rings (SSSR count). The first-order valence-electron chi connectivity index (χ1n) is 2.83. The molecule has 0 amide bonds. The van der Waals surface area contributed by atoms with Crippen LogP contribution in [0.5, 0.6) is 0 Å². The molecule has 11 heavy (non-hydrogen) atoms. The maximum Gasteiger partial charge on any atom is 0.314 e. The van der Waals surface area contributed by atoms with Crippen LogP contribution in [0.25, 0.3) is 0 Å². The lowest BCUT2D eigenvalue weighted by molar-refractivity contribution is -0.130. The molecule has 0 aliphatic rings. The Bertz CT molecular complexity index is 97.0. The van der Waals surface area contributed by atoms with Gasteiger partial charge in [-0.05, 0) is 12.2 Å². The van der Waals surface area contributed by atoms with Crippen LogP contribution in [0.1, 0.15) is 13.3 Å². The van der Waals surface area contributed by atoms with E-state index in [1.165, 1.54) is 6.92 Å². The van der Waals surface area contributed by atoms with Gasteiger partial charge in [-0.2, -0.15) is 12.6 Å². The summed E-state index contributed by atoms with van der Waals surface area (Å²) in [5.74, 6) is 0.318. The maximum atomic E-state index is 9.51. The summed E-state index contributed by atoms with van der Waals surface area (Å²) in [6.45, 7) is 1.28. The molecule has 0 fully saturated rings. The SMILES string of the molecule is CC(=O)OS.OC(S)CCS. The van der Waals surface area contributed by atoms with Crippen LogP contribution in [0.3, 0.4) is 0 Å². The third-order valence-electron chi connectivity index (χ3n) is 0.516. The van der Waals surface area contributed by atoms with E-state index in [4.69, 9.17) is 5.11 Å². The van der Waals surface area contributed by atoms with E-state index in [9.17, 15) is 4.79 Å². The van der Waals surface area contributed by atoms with Gasteiger partial charge in [0.05, 0.1) is 5.44 Å². The number of carbonyl (C=O) groups excluding carboxylic acids is 1. The van der Waals surface area contributed by atoms with E-state index in [0.29, 0.717) is 12.2 Å². The number of aliphatic hydroxyl groups excluding tert-OH is 1. The number of aliphatic hydroxyl groups is 1. The van der Waals surface area contributed by atoms with Gasteiger partial charge in [-0.1, -0.05) is 0 Å². The van der Waals surface area contributed by atoms with E-state index < -0.39 is 5.44 Å². The molecule has 0 bridgehead atoms. The highest BCUT2D eigenvalue weighted by Gasteiger charge is 1.88. The van der Waals surface area contributed by atoms with Crippen molar-refractivity contribution in [1.29, 1.82) is 0 Å². The maximum absolute atomic E-state index is 9.51. The second kappa shape index (κ2) is 10.5. The van der Waals surface area contributed by atoms with Gasteiger partial charge in [-0.25, -0.2) is 0 Å². The Morgan fingerprint density at radius 3 is 2.09 bits per heavy atom. The predicted octanol–water partition coefficient (Wildman–Crippen LogP) is 0.949. The number of hydrogen-bond donors (Lipinski definition) is 4. The Morgan fingerprint density at radius 2 is 2.09 bits per heavy atom. The Labute approximate surface area is 82.9 Å². The van der Waals surface area contributed by atoms with Crippen molar-refractivity contribution >= 4 is 44.1 Å². The highest BCUT2D eigenvalue weighted by molar-refractivity contribution is 7.81. The summed E-state index contributed by atoms with van der Waals surface area (Å²) < 4.78 is 3.81. The van der Waals surface area contributed by atoms with Gasteiger partial charge in [0, 0.05) is 19.8 Å². The molecular weight excluding hydrogens is 204 g/mol. The van der Waals surface area contributed by atoms with Crippen molar-refractivity contribution in [3.8, 4) is 0 Å². The summed E-state index contributed by atoms with van der Waals surface area (Å²) in [7, 11) is 0. The lowest BCUT2D eigenvalue weighted by atomic mass is 10.5. The largest absolute Gasteiger partial charge is 0.395 e. The third kappa shape index (κ3) is 25.1. The summed E-state index contributed by atoms with van der Waals surface area (Å²) in [4.78, 5) is 9.51. The third-order valence-corrected chi connectivity index (χ3v) is 1.29. The van der Waals surface area contributed by atoms with E-state index in [0.717, 1.165) is 0 Å². The fraction of sp³-hybridized carbons (Fsp3) is 0.800. The van der Waals surface area contributed by atoms with Crippen molar-refractivity contribution in [2.75, 3.05) is 5.75 Å². The molecule has 1 N–H and O–H groups in total. The molecule has 0 aliphatic carbocycles. The summed E-state index contributed by atoms with van der Waals surface area (Å²) >= 11 is 10.7. The van der Waals surface area contributed by atoms with E-state index in [1.54, 1.807) is 0 Å². The zero-order chi connectivity index (χ0) is 9.28. The molecule has 0 aromatic rings. The van der Waals surface area contributed by atoms with E-state index in [2.05, 4.69) is 42.4 Å². The second-order valence-electron chi connectivity index (χ2n) is 1.58. The van der Waals surface area contributed by atoms with Crippen molar-refractivity contribution in [2.24, 2.45) is 0 Å². The van der Waals surface area contributed by atoms with Crippen LogP contribution in [0.4, 0.5) is 0 Å².